The summed E-state index contributed by atoms with van der Waals surface area (Å²) < 4.78 is 38.5. The third-order valence-electron chi connectivity index (χ3n) is 1.99. The molecule has 2 heterocycles. The molecule has 0 aromatic carbocycles. The summed E-state index contributed by atoms with van der Waals surface area (Å²) in [5.74, 6) is -0.152. The molecule has 18 heavy (non-hydrogen) atoms. The molecular weight excluding hydrogens is 273 g/mol. The highest BCUT2D eigenvalue weighted by Crippen LogP contribution is 2.34. The van der Waals surface area contributed by atoms with E-state index in [-0.39, 0.29) is 12.2 Å². The fourth-order valence-corrected chi connectivity index (χ4v) is 1.50. The van der Waals surface area contributed by atoms with Gasteiger partial charge in [0, 0.05) is 12.4 Å². The average molecular weight is 277 g/mol. The van der Waals surface area contributed by atoms with Crippen LogP contribution in [0.15, 0.2) is 18.5 Å². The normalized spacial score (nSPS) is 11.6. The van der Waals surface area contributed by atoms with Crippen molar-refractivity contribution in [1.82, 2.24) is 19.7 Å². The summed E-state index contributed by atoms with van der Waals surface area (Å²) >= 11 is 5.66. The number of aromatic nitrogens is 4. The molecule has 0 aliphatic heterocycles. The first kappa shape index (κ1) is 12.5. The first-order chi connectivity index (χ1) is 8.45. The lowest BCUT2D eigenvalue weighted by atomic mass is 10.2. The van der Waals surface area contributed by atoms with E-state index >= 15 is 0 Å². The molecule has 0 N–H and O–H groups in total. The number of rotatable bonds is 2. The van der Waals surface area contributed by atoms with Crippen LogP contribution in [0.4, 0.5) is 13.2 Å². The van der Waals surface area contributed by atoms with Crippen molar-refractivity contribution in [2.24, 2.45) is 0 Å². The SMILES string of the molecule is O=Cc1c(C(F)(F)F)nn(-c2ncccn2)c1Cl. The Hall–Kier alpha value is -1.96. The molecule has 0 aliphatic carbocycles. The average Bonchev–Trinajstić information content (AvgIpc) is 2.67. The van der Waals surface area contributed by atoms with E-state index in [4.69, 9.17) is 11.6 Å². The first-order valence-corrected chi connectivity index (χ1v) is 4.91. The molecule has 0 amide bonds. The van der Waals surface area contributed by atoms with Crippen LogP contribution < -0.4 is 0 Å². The molecule has 2 aromatic rings. The highest BCUT2D eigenvalue weighted by atomic mass is 35.5. The number of halogens is 4. The maximum Gasteiger partial charge on any atom is 0.435 e. The zero-order valence-electron chi connectivity index (χ0n) is 8.52. The van der Waals surface area contributed by atoms with Gasteiger partial charge in [-0.15, -0.1) is 0 Å². The second-order valence-corrected chi connectivity index (χ2v) is 3.49. The van der Waals surface area contributed by atoms with Crippen LogP contribution in [0.3, 0.4) is 0 Å². The quantitative estimate of drug-likeness (QED) is 0.789. The van der Waals surface area contributed by atoms with E-state index < -0.39 is 22.6 Å². The minimum Gasteiger partial charge on any atom is -0.298 e. The van der Waals surface area contributed by atoms with Gasteiger partial charge in [-0.25, -0.2) is 9.97 Å². The molecule has 0 saturated carbocycles. The van der Waals surface area contributed by atoms with Gasteiger partial charge in [-0.1, -0.05) is 11.6 Å². The molecule has 0 unspecified atom stereocenters. The van der Waals surface area contributed by atoms with Crippen molar-refractivity contribution in [1.29, 1.82) is 0 Å². The van der Waals surface area contributed by atoms with Crippen LogP contribution >= 0.6 is 11.6 Å². The number of carbonyl (C=O) groups excluding carboxylic acids is 1. The van der Waals surface area contributed by atoms with Crippen LogP contribution in [0.1, 0.15) is 16.1 Å². The molecule has 2 rings (SSSR count). The highest BCUT2D eigenvalue weighted by molar-refractivity contribution is 6.32. The van der Waals surface area contributed by atoms with E-state index in [2.05, 4.69) is 15.1 Å². The van der Waals surface area contributed by atoms with Crippen LogP contribution in [-0.4, -0.2) is 26.0 Å². The third kappa shape index (κ3) is 2.06. The largest absolute Gasteiger partial charge is 0.435 e. The standard InChI is InChI=1S/C9H4ClF3N4O/c10-7-5(4-18)6(9(11,12)13)16-17(7)8-14-2-1-3-15-8/h1-4H. The second-order valence-electron chi connectivity index (χ2n) is 3.13. The number of hydrogen-bond acceptors (Lipinski definition) is 4. The predicted molar refractivity (Wildman–Crippen MR) is 54.6 cm³/mol. The Morgan fingerprint density at radius 2 is 1.89 bits per heavy atom. The summed E-state index contributed by atoms with van der Waals surface area (Å²) in [6.07, 6.45) is -2.15. The molecule has 0 bridgehead atoms. The van der Waals surface area contributed by atoms with Crippen LogP contribution in [0.25, 0.3) is 5.95 Å². The van der Waals surface area contributed by atoms with Crippen LogP contribution in [0.2, 0.25) is 5.15 Å². The van der Waals surface area contributed by atoms with E-state index in [0.29, 0.717) is 4.68 Å². The minimum atomic E-state index is -4.78. The molecule has 0 atom stereocenters. The fourth-order valence-electron chi connectivity index (χ4n) is 1.26. The van der Waals surface area contributed by atoms with Gasteiger partial charge in [0.05, 0.1) is 5.56 Å². The van der Waals surface area contributed by atoms with E-state index in [9.17, 15) is 18.0 Å². The Morgan fingerprint density at radius 3 is 2.33 bits per heavy atom. The predicted octanol–water partition coefficient (Wildman–Crippen LogP) is 2.15. The van der Waals surface area contributed by atoms with Gasteiger partial charge in [0.15, 0.2) is 12.0 Å². The molecule has 5 nitrogen and oxygen atoms in total. The number of nitrogens with zero attached hydrogens (tertiary/aromatic N) is 4. The molecule has 0 saturated heterocycles. The van der Waals surface area contributed by atoms with Crippen molar-refractivity contribution in [3.63, 3.8) is 0 Å². The number of hydrogen-bond donors (Lipinski definition) is 0. The maximum atomic E-state index is 12.6. The van der Waals surface area contributed by atoms with Gasteiger partial charge < -0.3 is 0 Å². The number of carbonyl (C=O) groups is 1. The molecule has 0 fully saturated rings. The minimum absolute atomic E-state index is 0.00238. The Bertz CT molecular complexity index is 581. The van der Waals surface area contributed by atoms with Crippen LogP contribution in [0, 0.1) is 0 Å². The zero-order chi connectivity index (χ0) is 13.3. The Morgan fingerprint density at radius 1 is 1.28 bits per heavy atom. The Balaban J connectivity index is 2.65. The van der Waals surface area contributed by atoms with Crippen molar-refractivity contribution < 1.29 is 18.0 Å². The molecule has 2 aromatic heterocycles. The van der Waals surface area contributed by atoms with E-state index in [1.165, 1.54) is 18.5 Å². The van der Waals surface area contributed by atoms with Gasteiger partial charge in [-0.3, -0.25) is 4.79 Å². The summed E-state index contributed by atoms with van der Waals surface area (Å²) in [6, 6.07) is 1.48. The molecule has 9 heteroatoms. The van der Waals surface area contributed by atoms with E-state index in [1.54, 1.807) is 0 Å². The van der Waals surface area contributed by atoms with Crippen LogP contribution in [0.5, 0.6) is 0 Å². The summed E-state index contributed by atoms with van der Waals surface area (Å²) in [4.78, 5) is 18.1. The summed E-state index contributed by atoms with van der Waals surface area (Å²) in [6.45, 7) is 0. The topological polar surface area (TPSA) is 60.7 Å². The number of aldehydes is 1. The van der Waals surface area contributed by atoms with Crippen molar-refractivity contribution in [2.45, 2.75) is 6.18 Å². The van der Waals surface area contributed by atoms with Crippen LogP contribution in [-0.2, 0) is 6.18 Å². The summed E-state index contributed by atoms with van der Waals surface area (Å²) in [5, 5.41) is 2.74. The van der Waals surface area contributed by atoms with Gasteiger partial charge in [-0.2, -0.15) is 23.0 Å². The van der Waals surface area contributed by atoms with Gasteiger partial charge in [0.25, 0.3) is 5.95 Å². The second kappa shape index (κ2) is 4.37. The fraction of sp³-hybridized carbons (Fsp3) is 0.111. The number of alkyl halides is 3. The third-order valence-corrected chi connectivity index (χ3v) is 2.35. The lowest BCUT2D eigenvalue weighted by Gasteiger charge is -2.01. The van der Waals surface area contributed by atoms with E-state index in [1.807, 2.05) is 0 Å². The first-order valence-electron chi connectivity index (χ1n) is 4.53. The Labute approximate surface area is 103 Å². The highest BCUT2D eigenvalue weighted by Gasteiger charge is 2.39. The molecular formula is C9H4ClF3N4O. The lowest BCUT2D eigenvalue weighted by Crippen LogP contribution is -2.10. The van der Waals surface area contributed by atoms with Crippen molar-refractivity contribution in [3.05, 3.63) is 34.9 Å². The Kier molecular flexibility index (Phi) is 3.04. The van der Waals surface area contributed by atoms with Crippen molar-refractivity contribution in [2.75, 3.05) is 0 Å². The van der Waals surface area contributed by atoms with Gasteiger partial charge in [0.1, 0.15) is 5.15 Å². The van der Waals surface area contributed by atoms with Crippen molar-refractivity contribution in [3.8, 4) is 5.95 Å². The monoisotopic (exact) mass is 276 g/mol. The van der Waals surface area contributed by atoms with Gasteiger partial charge in [-0.05, 0) is 6.07 Å². The summed E-state index contributed by atoms with van der Waals surface area (Å²) in [5.41, 5.74) is -2.11. The molecule has 0 spiro atoms. The van der Waals surface area contributed by atoms with Gasteiger partial charge in [0.2, 0.25) is 0 Å². The van der Waals surface area contributed by atoms with Gasteiger partial charge >= 0.3 is 6.18 Å². The van der Waals surface area contributed by atoms with Crippen molar-refractivity contribution >= 4 is 17.9 Å². The van der Waals surface area contributed by atoms with E-state index in [0.717, 1.165) is 0 Å². The zero-order valence-corrected chi connectivity index (χ0v) is 9.27. The molecule has 0 radical (unpaired) electrons. The lowest BCUT2D eigenvalue weighted by molar-refractivity contribution is -0.141. The molecule has 94 valence electrons. The molecule has 0 aliphatic rings. The summed E-state index contributed by atoms with van der Waals surface area (Å²) in [7, 11) is 0. The smallest absolute Gasteiger partial charge is 0.298 e. The maximum absolute atomic E-state index is 12.6.